The lowest BCUT2D eigenvalue weighted by molar-refractivity contribution is -0.114. The molecule has 1 aromatic carbocycles. The average Bonchev–Trinajstić information content (AvgIpc) is 2.61. The number of pyridine rings is 1. The zero-order valence-corrected chi connectivity index (χ0v) is 16.9. The van der Waals surface area contributed by atoms with Crippen LogP contribution in [-0.4, -0.2) is 40.4 Å². The molecule has 0 saturated heterocycles. The summed E-state index contributed by atoms with van der Waals surface area (Å²) >= 11 is 1.44. The third-order valence-electron chi connectivity index (χ3n) is 4.08. The summed E-state index contributed by atoms with van der Waals surface area (Å²) in [6, 6.07) is 6.97. The maximum atomic E-state index is 11.8. The minimum absolute atomic E-state index is 0.142. The van der Waals surface area contributed by atoms with Gasteiger partial charge in [-0.3, -0.25) is 9.69 Å². The highest BCUT2D eigenvalue weighted by molar-refractivity contribution is 7.98. The Labute approximate surface area is 167 Å². The third kappa shape index (κ3) is 3.99. The molecule has 0 unspecified atom stereocenters. The number of carboxylic acid groups (broad SMARTS) is 1. The van der Waals surface area contributed by atoms with Crippen molar-refractivity contribution in [3.8, 4) is 11.5 Å². The largest absolute Gasteiger partial charge is 0.465 e. The van der Waals surface area contributed by atoms with Crippen LogP contribution in [0.15, 0.2) is 35.4 Å². The molecule has 3 rings (SSSR count). The first kappa shape index (κ1) is 19.8. The smallest absolute Gasteiger partial charge is 0.412 e. The molecule has 0 spiro atoms. The van der Waals surface area contributed by atoms with Gasteiger partial charge < -0.3 is 20.5 Å². The zero-order valence-electron chi connectivity index (χ0n) is 16.1. The number of nitrogens with one attached hydrogen (secondary N) is 2. The van der Waals surface area contributed by atoms with E-state index in [1.54, 1.807) is 30.5 Å². The zero-order chi connectivity index (χ0) is 20.5. The molecule has 9 heteroatoms. The average molecular weight is 402 g/mol. The van der Waals surface area contributed by atoms with E-state index in [-0.39, 0.29) is 12.5 Å². The Morgan fingerprint density at radius 2 is 2.07 bits per heavy atom. The molecule has 2 aromatic rings. The summed E-state index contributed by atoms with van der Waals surface area (Å²) in [5.41, 5.74) is 0.617. The standard InChI is InChI=1S/C19H22N4O4S/c1-19(2,3)23(18(25)26)12-6-5-11(9-14(12)28-4)27-13-7-8-20-17-16(13)21-10-15(24)22-17/h5-9,21H,10H2,1-4H3,(H,25,26)(H,20,22,24). The monoisotopic (exact) mass is 402 g/mol. The molecule has 0 atom stereocenters. The Morgan fingerprint density at radius 1 is 1.32 bits per heavy atom. The second kappa shape index (κ2) is 7.59. The first-order valence-electron chi connectivity index (χ1n) is 8.62. The van der Waals surface area contributed by atoms with Gasteiger partial charge in [0.1, 0.15) is 11.4 Å². The fourth-order valence-corrected chi connectivity index (χ4v) is 3.53. The Morgan fingerprint density at radius 3 is 2.71 bits per heavy atom. The summed E-state index contributed by atoms with van der Waals surface area (Å²) in [4.78, 5) is 29.6. The second-order valence-electron chi connectivity index (χ2n) is 7.16. The van der Waals surface area contributed by atoms with E-state index in [2.05, 4.69) is 15.6 Å². The fraction of sp³-hybridized carbons (Fsp3) is 0.316. The van der Waals surface area contributed by atoms with E-state index >= 15 is 0 Å². The Balaban J connectivity index is 1.95. The number of rotatable bonds is 4. The number of fused-ring (bicyclic) bond motifs is 1. The summed E-state index contributed by atoms with van der Waals surface area (Å²) in [5, 5.41) is 15.4. The van der Waals surface area contributed by atoms with Crippen LogP contribution in [0.2, 0.25) is 0 Å². The van der Waals surface area contributed by atoms with Gasteiger partial charge in [-0.25, -0.2) is 9.78 Å². The number of anilines is 3. The number of nitrogens with zero attached hydrogens (tertiary/aromatic N) is 2. The molecule has 2 heterocycles. The van der Waals surface area contributed by atoms with Gasteiger partial charge in [0.2, 0.25) is 5.91 Å². The summed E-state index contributed by atoms with van der Waals surface area (Å²) in [6.07, 6.45) is 2.42. The van der Waals surface area contributed by atoms with Crippen molar-refractivity contribution < 1.29 is 19.4 Å². The van der Waals surface area contributed by atoms with Crippen LogP contribution in [0.5, 0.6) is 11.5 Å². The van der Waals surface area contributed by atoms with Crippen molar-refractivity contribution in [2.75, 3.05) is 28.3 Å². The number of benzene rings is 1. The quantitative estimate of drug-likeness (QED) is 0.657. The number of amides is 2. The molecule has 0 aliphatic carbocycles. The van der Waals surface area contributed by atoms with Gasteiger partial charge in [-0.2, -0.15) is 0 Å². The number of carbonyl (C=O) groups is 2. The van der Waals surface area contributed by atoms with Gasteiger partial charge in [0, 0.05) is 22.7 Å². The van der Waals surface area contributed by atoms with E-state index in [4.69, 9.17) is 4.74 Å². The lowest BCUT2D eigenvalue weighted by Gasteiger charge is -2.34. The third-order valence-corrected chi connectivity index (χ3v) is 4.85. The topological polar surface area (TPSA) is 104 Å². The molecule has 28 heavy (non-hydrogen) atoms. The van der Waals surface area contributed by atoms with Crippen molar-refractivity contribution in [3.63, 3.8) is 0 Å². The van der Waals surface area contributed by atoms with Crippen molar-refractivity contribution in [1.29, 1.82) is 0 Å². The van der Waals surface area contributed by atoms with Crippen molar-refractivity contribution in [1.82, 2.24) is 4.98 Å². The Kier molecular flexibility index (Phi) is 5.37. The van der Waals surface area contributed by atoms with Gasteiger partial charge in [-0.05, 0) is 45.2 Å². The minimum Gasteiger partial charge on any atom is -0.465 e. The molecule has 8 nitrogen and oxygen atoms in total. The van der Waals surface area contributed by atoms with Crippen molar-refractivity contribution >= 4 is 41.0 Å². The SMILES string of the molecule is CSc1cc(Oc2ccnc3c2NCC(=O)N3)ccc1N(C(=O)O)C(C)(C)C. The van der Waals surface area contributed by atoms with Gasteiger partial charge >= 0.3 is 6.09 Å². The Bertz CT molecular complexity index is 927. The van der Waals surface area contributed by atoms with Crippen LogP contribution in [0.1, 0.15) is 20.8 Å². The van der Waals surface area contributed by atoms with Crippen molar-refractivity contribution in [2.45, 2.75) is 31.2 Å². The molecule has 0 radical (unpaired) electrons. The molecule has 2 amide bonds. The van der Waals surface area contributed by atoms with E-state index < -0.39 is 11.6 Å². The van der Waals surface area contributed by atoms with Crippen molar-refractivity contribution in [3.05, 3.63) is 30.5 Å². The van der Waals surface area contributed by atoms with E-state index in [0.29, 0.717) is 28.7 Å². The second-order valence-corrected chi connectivity index (χ2v) is 8.01. The minimum atomic E-state index is -1.01. The molecule has 0 saturated carbocycles. The highest BCUT2D eigenvalue weighted by Crippen LogP contribution is 2.39. The molecule has 1 aliphatic heterocycles. The first-order chi connectivity index (χ1) is 13.2. The molecular formula is C19H22N4O4S. The van der Waals surface area contributed by atoms with Crippen LogP contribution < -0.4 is 20.3 Å². The maximum Gasteiger partial charge on any atom is 0.412 e. The van der Waals surface area contributed by atoms with Gasteiger partial charge in [0.05, 0.1) is 12.2 Å². The summed E-state index contributed by atoms with van der Waals surface area (Å²) in [7, 11) is 0. The number of carbonyl (C=O) groups excluding carboxylic acids is 1. The maximum absolute atomic E-state index is 11.8. The molecule has 148 valence electrons. The lowest BCUT2D eigenvalue weighted by Crippen LogP contribution is -2.45. The van der Waals surface area contributed by atoms with E-state index in [9.17, 15) is 14.7 Å². The predicted octanol–water partition coefficient (Wildman–Crippen LogP) is 4.24. The Hall–Kier alpha value is -2.94. The highest BCUT2D eigenvalue weighted by atomic mass is 32.2. The summed E-state index contributed by atoms with van der Waals surface area (Å²) < 4.78 is 6.00. The summed E-state index contributed by atoms with van der Waals surface area (Å²) in [5.74, 6) is 1.33. The molecule has 0 fully saturated rings. The van der Waals surface area contributed by atoms with Crippen LogP contribution in [0.4, 0.5) is 22.0 Å². The number of hydrogen-bond donors (Lipinski definition) is 3. The van der Waals surface area contributed by atoms with Crippen LogP contribution in [0.3, 0.4) is 0 Å². The summed E-state index contributed by atoms with van der Waals surface area (Å²) in [6.45, 7) is 5.68. The van der Waals surface area contributed by atoms with Crippen LogP contribution in [-0.2, 0) is 4.79 Å². The molecule has 3 N–H and O–H groups in total. The molecule has 0 bridgehead atoms. The molecule has 1 aliphatic rings. The number of ether oxygens (including phenoxy) is 1. The van der Waals surface area contributed by atoms with Crippen LogP contribution >= 0.6 is 11.8 Å². The van der Waals surface area contributed by atoms with E-state index in [0.717, 1.165) is 4.90 Å². The van der Waals surface area contributed by atoms with Crippen LogP contribution in [0.25, 0.3) is 0 Å². The van der Waals surface area contributed by atoms with E-state index in [1.807, 2.05) is 27.0 Å². The molecular weight excluding hydrogens is 380 g/mol. The van der Waals surface area contributed by atoms with Gasteiger partial charge in [-0.15, -0.1) is 11.8 Å². The fourth-order valence-electron chi connectivity index (χ4n) is 2.92. The van der Waals surface area contributed by atoms with E-state index in [1.165, 1.54) is 16.7 Å². The van der Waals surface area contributed by atoms with Gasteiger partial charge in [-0.1, -0.05) is 0 Å². The molecule has 1 aromatic heterocycles. The highest BCUT2D eigenvalue weighted by Gasteiger charge is 2.30. The van der Waals surface area contributed by atoms with Gasteiger partial charge in [0.25, 0.3) is 0 Å². The normalized spacial score (nSPS) is 13.2. The number of thioether (sulfide) groups is 1. The first-order valence-corrected chi connectivity index (χ1v) is 9.85. The van der Waals surface area contributed by atoms with Crippen LogP contribution in [0, 0.1) is 0 Å². The number of aromatic nitrogens is 1. The predicted molar refractivity (Wildman–Crippen MR) is 110 cm³/mol. The number of hydrogen-bond acceptors (Lipinski definition) is 6. The van der Waals surface area contributed by atoms with Crippen molar-refractivity contribution in [2.24, 2.45) is 0 Å². The van der Waals surface area contributed by atoms with Gasteiger partial charge in [0.15, 0.2) is 11.6 Å². The lowest BCUT2D eigenvalue weighted by atomic mass is 10.1.